The third-order valence-corrected chi connectivity index (χ3v) is 7.86. The van der Waals surface area contributed by atoms with Gasteiger partial charge in [-0.1, -0.05) is 50.2 Å². The van der Waals surface area contributed by atoms with E-state index in [1.165, 1.54) is 36.4 Å². The van der Waals surface area contributed by atoms with Crippen LogP contribution in [0, 0.1) is 5.92 Å². The average molecular weight is 570 g/mol. The average Bonchev–Trinajstić information content (AvgIpc) is 3.20. The molecular formula is C28H28NO10P. The van der Waals surface area contributed by atoms with Crippen molar-refractivity contribution in [3.05, 3.63) is 65.2 Å². The fourth-order valence-electron chi connectivity index (χ4n) is 4.40. The molecule has 2 atom stereocenters. The predicted octanol–water partition coefficient (Wildman–Crippen LogP) is 5.22. The van der Waals surface area contributed by atoms with Gasteiger partial charge in [0.1, 0.15) is 11.0 Å². The van der Waals surface area contributed by atoms with Crippen LogP contribution in [0.4, 0.5) is 15.3 Å². The quantitative estimate of drug-likeness (QED) is 0.218. The second-order valence-electron chi connectivity index (χ2n) is 9.12. The van der Waals surface area contributed by atoms with Gasteiger partial charge in [-0.3, -0.25) is 9.59 Å². The van der Waals surface area contributed by atoms with Crippen molar-refractivity contribution in [2.24, 2.45) is 5.92 Å². The summed E-state index contributed by atoms with van der Waals surface area (Å²) in [5, 5.41) is 9.45. The Morgan fingerprint density at radius 3 is 1.65 bits per heavy atom. The molecule has 2 unspecified atom stereocenters. The molecular weight excluding hydrogens is 541 g/mol. The van der Waals surface area contributed by atoms with Gasteiger partial charge in [-0.15, -0.1) is 0 Å². The zero-order valence-corrected chi connectivity index (χ0v) is 23.4. The van der Waals surface area contributed by atoms with Gasteiger partial charge in [-0.05, 0) is 37.5 Å². The molecule has 0 fully saturated rings. The van der Waals surface area contributed by atoms with Gasteiger partial charge in [0.2, 0.25) is 0 Å². The fourth-order valence-corrected chi connectivity index (χ4v) is 5.00. The Balaban J connectivity index is 2.04. The number of imide groups is 1. The van der Waals surface area contributed by atoms with Crippen LogP contribution >= 0.6 is 8.46 Å². The van der Waals surface area contributed by atoms with Crippen molar-refractivity contribution in [1.29, 1.82) is 0 Å². The molecule has 0 saturated carbocycles. The number of hydrogen-bond acceptors (Lipinski definition) is 10. The molecule has 2 amide bonds. The summed E-state index contributed by atoms with van der Waals surface area (Å²) in [6.45, 7) is 6.49. The molecule has 1 aliphatic heterocycles. The van der Waals surface area contributed by atoms with E-state index < -0.39 is 43.8 Å². The minimum atomic E-state index is -1.67. The normalized spacial score (nSPS) is 14.5. The maximum Gasteiger partial charge on any atom is 0.513 e. The van der Waals surface area contributed by atoms with E-state index in [9.17, 15) is 28.8 Å². The summed E-state index contributed by atoms with van der Waals surface area (Å²) >= 11 is 0. The molecule has 1 N–H and O–H groups in total. The number of carbonyl (C=O) groups excluding carboxylic acids is 4. The third-order valence-electron chi connectivity index (χ3n) is 6.50. The molecule has 40 heavy (non-hydrogen) atoms. The first-order chi connectivity index (χ1) is 19.1. The lowest BCUT2D eigenvalue weighted by atomic mass is 9.99. The van der Waals surface area contributed by atoms with Crippen molar-refractivity contribution < 1.29 is 47.8 Å². The molecule has 1 aromatic rings. The number of anilines is 1. The monoisotopic (exact) mass is 569 g/mol. The maximum atomic E-state index is 13.5. The van der Waals surface area contributed by atoms with Gasteiger partial charge in [-0.25, -0.2) is 14.5 Å². The summed E-state index contributed by atoms with van der Waals surface area (Å²) in [6.07, 6.45) is -2.27. The number of nitrogens with zero attached hydrogens (tertiary/aromatic N) is 1. The van der Waals surface area contributed by atoms with Gasteiger partial charge < -0.3 is 28.6 Å². The van der Waals surface area contributed by atoms with Crippen LogP contribution in [0.3, 0.4) is 0 Å². The van der Waals surface area contributed by atoms with Crippen molar-refractivity contribution in [2.75, 3.05) is 18.1 Å². The second kappa shape index (κ2) is 11.5. The molecule has 11 nitrogen and oxygen atoms in total. The van der Waals surface area contributed by atoms with Crippen LogP contribution in [-0.4, -0.2) is 42.4 Å². The number of benzene rings is 1. The number of aliphatic hydroxyl groups is 1. The molecule has 4 rings (SSSR count). The number of carbonyl (C=O) groups is 4. The van der Waals surface area contributed by atoms with Gasteiger partial charge in [0, 0.05) is 11.1 Å². The largest absolute Gasteiger partial charge is 0.513 e. The standard InChI is InChI=1S/C28H28NO10P/c1-5-36-26(32)38-22-17-13-11-16(28(34,40-35)15(3)4)12-14-18(17)23(39-27(33)37-6-2)21(22)29-24(30)19-9-7-8-10-20(19)25(29)31/h7-15,34H,5-6,40H2,1-4H3. The molecule has 3 aliphatic rings. The lowest BCUT2D eigenvalue weighted by Gasteiger charge is -2.26. The Morgan fingerprint density at radius 2 is 1.27 bits per heavy atom. The number of ether oxygens (including phenoxy) is 4. The molecule has 1 heterocycles. The van der Waals surface area contributed by atoms with Crippen molar-refractivity contribution in [2.45, 2.75) is 33.0 Å². The Kier molecular flexibility index (Phi) is 8.27. The van der Waals surface area contributed by atoms with Crippen LogP contribution in [0.15, 0.2) is 48.5 Å². The summed E-state index contributed by atoms with van der Waals surface area (Å²) in [4.78, 5) is 52.8. The predicted molar refractivity (Wildman–Crippen MR) is 145 cm³/mol. The van der Waals surface area contributed by atoms with Crippen LogP contribution in [0.2, 0.25) is 0 Å². The lowest BCUT2D eigenvalue weighted by Crippen LogP contribution is -2.30. The van der Waals surface area contributed by atoms with Crippen molar-refractivity contribution >= 4 is 38.3 Å². The molecule has 0 saturated heterocycles. The van der Waals surface area contributed by atoms with Crippen LogP contribution < -0.4 is 14.4 Å². The molecule has 2 aliphatic carbocycles. The Morgan fingerprint density at radius 1 is 0.825 bits per heavy atom. The molecule has 0 spiro atoms. The minimum absolute atomic E-state index is 0.0301. The first-order valence-electron chi connectivity index (χ1n) is 12.5. The number of fused-ring (bicyclic) bond motifs is 2. The highest BCUT2D eigenvalue weighted by molar-refractivity contribution is 7.25. The van der Waals surface area contributed by atoms with Crippen LogP contribution in [0.25, 0.3) is 11.1 Å². The highest BCUT2D eigenvalue weighted by atomic mass is 31.1. The zero-order chi connectivity index (χ0) is 29.2. The summed E-state index contributed by atoms with van der Waals surface area (Å²) in [5.74, 6) is -2.48. The van der Waals surface area contributed by atoms with Gasteiger partial charge in [0.25, 0.3) is 11.8 Å². The van der Waals surface area contributed by atoms with Crippen molar-refractivity contribution in [3.8, 4) is 22.6 Å². The number of amides is 2. The van der Waals surface area contributed by atoms with E-state index in [-0.39, 0.29) is 58.2 Å². The van der Waals surface area contributed by atoms with Crippen molar-refractivity contribution in [3.63, 3.8) is 0 Å². The van der Waals surface area contributed by atoms with Gasteiger partial charge in [0.05, 0.1) is 32.8 Å². The van der Waals surface area contributed by atoms with Crippen LogP contribution in [-0.2, 0) is 19.4 Å². The number of hydrogen-bond donors (Lipinski definition) is 1. The Bertz CT molecular complexity index is 1390. The molecule has 1 aromatic carbocycles. The fraction of sp³-hybridized carbons (Fsp3) is 0.286. The van der Waals surface area contributed by atoms with E-state index in [0.717, 1.165) is 4.90 Å². The van der Waals surface area contributed by atoms with Crippen molar-refractivity contribution in [1.82, 2.24) is 0 Å². The first kappa shape index (κ1) is 28.8. The van der Waals surface area contributed by atoms with Crippen LogP contribution in [0.5, 0.6) is 11.5 Å². The zero-order valence-electron chi connectivity index (χ0n) is 22.3. The summed E-state index contributed by atoms with van der Waals surface area (Å²) in [7, 11) is -1.67. The van der Waals surface area contributed by atoms with Gasteiger partial charge in [-0.2, -0.15) is 0 Å². The van der Waals surface area contributed by atoms with E-state index in [0.29, 0.717) is 0 Å². The van der Waals surface area contributed by atoms with E-state index in [1.54, 1.807) is 39.8 Å². The maximum absolute atomic E-state index is 13.5. The van der Waals surface area contributed by atoms with Gasteiger partial charge >= 0.3 is 12.3 Å². The summed E-state index contributed by atoms with van der Waals surface area (Å²) in [6, 6.07) is 12.0. The molecule has 0 aromatic heterocycles. The highest BCUT2D eigenvalue weighted by Crippen LogP contribution is 2.55. The molecule has 12 heteroatoms. The first-order valence-corrected chi connectivity index (χ1v) is 13.6. The minimum Gasteiger partial charge on any atom is -0.434 e. The smallest absolute Gasteiger partial charge is 0.434 e. The highest BCUT2D eigenvalue weighted by Gasteiger charge is 2.44. The Hall–Kier alpha value is -4.21. The number of rotatable bonds is 8. The van der Waals surface area contributed by atoms with Crippen LogP contribution in [0.1, 0.15) is 54.0 Å². The third kappa shape index (κ3) is 4.94. The molecule has 0 bridgehead atoms. The van der Waals surface area contributed by atoms with E-state index in [4.69, 9.17) is 18.9 Å². The van der Waals surface area contributed by atoms with Gasteiger partial charge in [0.15, 0.2) is 11.5 Å². The summed E-state index contributed by atoms with van der Waals surface area (Å²) < 4.78 is 33.0. The molecule has 0 radical (unpaired) electrons. The topological polar surface area (TPSA) is 146 Å². The van der Waals surface area contributed by atoms with E-state index in [2.05, 4.69) is 0 Å². The van der Waals surface area contributed by atoms with E-state index in [1.807, 2.05) is 0 Å². The summed E-state index contributed by atoms with van der Waals surface area (Å²) in [5.41, 5.74) is 0.471. The Labute approximate surface area is 231 Å². The van der Waals surface area contributed by atoms with E-state index >= 15 is 0 Å². The SMILES string of the molecule is CCOC(=O)Oc1c2ccc(C(O)([PH2]=O)C(C)C)ccc-2c(OC(=O)OCC)c1N1C(=O)c2ccccc2C1=O. The molecule has 210 valence electrons. The second-order valence-corrected chi connectivity index (χ2v) is 10.2. The lowest BCUT2D eigenvalue weighted by molar-refractivity contribution is 0.0798.